The van der Waals surface area contributed by atoms with E-state index in [-0.39, 0.29) is 18.9 Å². The third-order valence-electron chi connectivity index (χ3n) is 1.30. The van der Waals surface area contributed by atoms with Crippen LogP contribution in [0.2, 0.25) is 0 Å². The van der Waals surface area contributed by atoms with Gasteiger partial charge in [0.2, 0.25) is 5.91 Å². The van der Waals surface area contributed by atoms with E-state index in [1.54, 1.807) is 12.5 Å². The largest absolute Gasteiger partial charge is 0.480 e. The number of carbonyl (C=O) groups excluding carboxylic acids is 1. The molecular weight excluding hydrogens is 228 g/mol. The smallest absolute Gasteiger partial charge is 0.322 e. The molecule has 0 heterocycles. The maximum atomic E-state index is 11.1. The molecule has 0 aliphatic heterocycles. The molecule has 0 fully saturated rings. The fourth-order valence-corrected chi connectivity index (χ4v) is 1.28. The van der Waals surface area contributed by atoms with Crippen LogP contribution in [0.1, 0.15) is 6.42 Å². The van der Waals surface area contributed by atoms with Crippen molar-refractivity contribution in [3.8, 4) is 0 Å². The minimum absolute atomic E-state index is 0.0868. The van der Waals surface area contributed by atoms with E-state index in [4.69, 9.17) is 15.8 Å². The third kappa shape index (κ3) is 6.62. The molecule has 0 atom stereocenters. The fourth-order valence-electron chi connectivity index (χ4n) is 0.652. The van der Waals surface area contributed by atoms with E-state index in [1.807, 2.05) is 0 Å². The number of rotatable bonds is 6. The summed E-state index contributed by atoms with van der Waals surface area (Å²) in [5.41, 5.74) is 0.632. The predicted molar refractivity (Wildman–Crippen MR) is 55.8 cm³/mol. The molecule has 7 heteroatoms. The van der Waals surface area contributed by atoms with Crippen LogP contribution in [0.15, 0.2) is 11.1 Å². The van der Waals surface area contributed by atoms with Crippen LogP contribution in [0, 0.1) is 0 Å². The van der Waals surface area contributed by atoms with Crippen LogP contribution in [0.4, 0.5) is 0 Å². The number of carboxylic acids is 1. The van der Waals surface area contributed by atoms with Crippen molar-refractivity contribution in [1.82, 2.24) is 10.6 Å². The van der Waals surface area contributed by atoms with Crippen LogP contribution < -0.4 is 10.6 Å². The quantitative estimate of drug-likeness (QED) is 0.629. The van der Waals surface area contributed by atoms with Gasteiger partial charge in [-0.25, -0.2) is 0 Å². The SMILES string of the molecule is CN/C(=C\SCl)CC(=O)NCC(=O)O. The lowest BCUT2D eigenvalue weighted by atomic mass is 10.3. The van der Waals surface area contributed by atoms with Gasteiger partial charge in [-0.05, 0) is 21.7 Å². The highest BCUT2D eigenvalue weighted by molar-refractivity contribution is 8.23. The Kier molecular flexibility index (Phi) is 7.04. The minimum Gasteiger partial charge on any atom is -0.480 e. The summed E-state index contributed by atoms with van der Waals surface area (Å²) in [4.78, 5) is 21.2. The Hall–Kier alpha value is -0.880. The lowest BCUT2D eigenvalue weighted by molar-refractivity contribution is -0.137. The minimum atomic E-state index is -1.07. The van der Waals surface area contributed by atoms with Gasteiger partial charge in [-0.2, -0.15) is 0 Å². The fraction of sp³-hybridized carbons (Fsp3) is 0.429. The molecule has 5 nitrogen and oxygen atoms in total. The summed E-state index contributed by atoms with van der Waals surface area (Å²) in [5.74, 6) is -1.43. The Morgan fingerprint density at radius 3 is 2.64 bits per heavy atom. The Balaban J connectivity index is 3.91. The van der Waals surface area contributed by atoms with Gasteiger partial charge in [-0.1, -0.05) is 0 Å². The van der Waals surface area contributed by atoms with Crippen molar-refractivity contribution in [2.75, 3.05) is 13.6 Å². The van der Waals surface area contributed by atoms with E-state index in [1.165, 1.54) is 0 Å². The van der Waals surface area contributed by atoms with Crippen LogP contribution in [0.5, 0.6) is 0 Å². The molecule has 0 aromatic carbocycles. The molecule has 0 spiro atoms. The molecule has 0 aliphatic carbocycles. The average Bonchev–Trinajstić information content (AvgIpc) is 2.14. The first-order valence-corrected chi connectivity index (χ1v) is 5.43. The summed E-state index contributed by atoms with van der Waals surface area (Å²) in [6, 6.07) is 0. The second-order valence-corrected chi connectivity index (χ2v) is 3.28. The second kappa shape index (κ2) is 7.52. The summed E-state index contributed by atoms with van der Waals surface area (Å²) in [7, 11) is 7.97. The zero-order valence-corrected chi connectivity index (χ0v) is 9.11. The van der Waals surface area contributed by atoms with Crippen LogP contribution in [0.25, 0.3) is 0 Å². The molecule has 0 aliphatic rings. The summed E-state index contributed by atoms with van der Waals surface area (Å²) < 4.78 is 0. The van der Waals surface area contributed by atoms with Crippen LogP contribution >= 0.6 is 21.7 Å². The van der Waals surface area contributed by atoms with Gasteiger partial charge < -0.3 is 15.7 Å². The molecule has 0 saturated carbocycles. The third-order valence-corrected chi connectivity index (χ3v) is 1.94. The Morgan fingerprint density at radius 2 is 2.21 bits per heavy atom. The number of carboxylic acid groups (broad SMARTS) is 1. The number of hydrogen-bond donors (Lipinski definition) is 3. The number of amides is 1. The molecule has 0 rings (SSSR count). The lowest BCUT2D eigenvalue weighted by Gasteiger charge is -2.05. The maximum Gasteiger partial charge on any atom is 0.322 e. The first kappa shape index (κ1) is 13.1. The van der Waals surface area contributed by atoms with E-state index < -0.39 is 5.97 Å². The number of halogens is 1. The highest BCUT2D eigenvalue weighted by Crippen LogP contribution is 2.11. The van der Waals surface area contributed by atoms with E-state index in [0.717, 1.165) is 11.0 Å². The van der Waals surface area contributed by atoms with Crippen molar-refractivity contribution in [3.05, 3.63) is 11.1 Å². The molecule has 80 valence electrons. The Morgan fingerprint density at radius 1 is 1.57 bits per heavy atom. The van der Waals surface area contributed by atoms with Crippen LogP contribution in [0.3, 0.4) is 0 Å². The number of carbonyl (C=O) groups is 2. The number of aliphatic carboxylic acids is 1. The van der Waals surface area contributed by atoms with Crippen molar-refractivity contribution in [3.63, 3.8) is 0 Å². The van der Waals surface area contributed by atoms with Gasteiger partial charge >= 0.3 is 5.97 Å². The summed E-state index contributed by atoms with van der Waals surface area (Å²) >= 11 is 0. The topological polar surface area (TPSA) is 78.4 Å². The van der Waals surface area contributed by atoms with Crippen molar-refractivity contribution < 1.29 is 14.7 Å². The van der Waals surface area contributed by atoms with Gasteiger partial charge in [0.25, 0.3) is 0 Å². The second-order valence-electron chi connectivity index (χ2n) is 2.33. The molecule has 0 aromatic heterocycles. The van der Waals surface area contributed by atoms with E-state index in [0.29, 0.717) is 5.70 Å². The molecule has 0 unspecified atom stereocenters. The highest BCUT2D eigenvalue weighted by Gasteiger charge is 2.05. The normalized spacial score (nSPS) is 10.9. The molecule has 3 N–H and O–H groups in total. The first-order chi connectivity index (χ1) is 6.60. The van der Waals surface area contributed by atoms with Gasteiger partial charge in [0.15, 0.2) is 0 Å². The number of nitrogens with one attached hydrogen (secondary N) is 2. The average molecular weight is 239 g/mol. The van der Waals surface area contributed by atoms with Crippen molar-refractivity contribution in [1.29, 1.82) is 0 Å². The van der Waals surface area contributed by atoms with Crippen molar-refractivity contribution >= 4 is 33.5 Å². The molecule has 14 heavy (non-hydrogen) atoms. The molecule has 0 radical (unpaired) electrons. The van der Waals surface area contributed by atoms with Gasteiger partial charge in [0, 0.05) is 18.2 Å². The predicted octanol–water partition coefficient (Wildman–Crippen LogP) is 0.525. The van der Waals surface area contributed by atoms with Crippen LogP contribution in [-0.4, -0.2) is 30.6 Å². The highest BCUT2D eigenvalue weighted by atomic mass is 35.7. The van der Waals surface area contributed by atoms with Crippen LogP contribution in [-0.2, 0) is 9.59 Å². The van der Waals surface area contributed by atoms with Gasteiger partial charge in [-0.15, -0.1) is 0 Å². The van der Waals surface area contributed by atoms with E-state index in [9.17, 15) is 9.59 Å². The standard InChI is InChI=1S/C7H11ClN2O3S/c1-9-5(4-14-8)2-6(11)10-3-7(12)13/h4,9H,2-3H2,1H3,(H,10,11)(H,12,13)/b5-4-. The van der Waals surface area contributed by atoms with Crippen molar-refractivity contribution in [2.24, 2.45) is 0 Å². The zero-order chi connectivity index (χ0) is 11.0. The molecule has 0 bridgehead atoms. The monoisotopic (exact) mass is 238 g/mol. The Labute approximate surface area is 90.4 Å². The molecule has 0 saturated heterocycles. The zero-order valence-electron chi connectivity index (χ0n) is 7.54. The van der Waals surface area contributed by atoms with Crippen molar-refractivity contribution in [2.45, 2.75) is 6.42 Å². The molecular formula is C7H11ClN2O3S. The first-order valence-electron chi connectivity index (χ1n) is 3.72. The Bertz CT molecular complexity index is 245. The summed E-state index contributed by atoms with van der Waals surface area (Å²) in [6.07, 6.45) is 0.0868. The van der Waals surface area contributed by atoms with Gasteiger partial charge in [0.1, 0.15) is 6.54 Å². The van der Waals surface area contributed by atoms with E-state index in [2.05, 4.69) is 10.6 Å². The van der Waals surface area contributed by atoms with E-state index >= 15 is 0 Å². The molecule has 1 amide bonds. The maximum absolute atomic E-state index is 11.1. The summed E-state index contributed by atoms with van der Waals surface area (Å²) in [6.45, 7) is -0.371. The van der Waals surface area contributed by atoms with Gasteiger partial charge in [-0.3, -0.25) is 9.59 Å². The molecule has 0 aromatic rings. The summed E-state index contributed by atoms with van der Waals surface area (Å²) in [5, 5.41) is 14.9. The number of hydrogen-bond acceptors (Lipinski definition) is 4. The van der Waals surface area contributed by atoms with Gasteiger partial charge in [0.05, 0.1) is 6.42 Å². The lowest BCUT2D eigenvalue weighted by Crippen LogP contribution is -2.30.